The monoisotopic (exact) mass is 267 g/mol. The number of ether oxygens (including phenoxy) is 1. The highest BCUT2D eigenvalue weighted by molar-refractivity contribution is 5.80. The maximum atomic E-state index is 12.0. The second-order valence-corrected chi connectivity index (χ2v) is 4.97. The molecule has 0 fully saturated rings. The first-order valence-corrected chi connectivity index (χ1v) is 6.90. The SMILES string of the molecule is CCCNC(C)(Cn1ccnc1CCC)C(=O)OC. The molecule has 0 bridgehead atoms. The second-order valence-electron chi connectivity index (χ2n) is 4.97. The molecule has 0 aliphatic rings. The lowest BCUT2D eigenvalue weighted by Crippen LogP contribution is -2.53. The van der Waals surface area contributed by atoms with Crippen LogP contribution in [0, 0.1) is 0 Å². The van der Waals surface area contributed by atoms with Gasteiger partial charge in [0.2, 0.25) is 0 Å². The van der Waals surface area contributed by atoms with Crippen LogP contribution in [-0.4, -0.2) is 34.7 Å². The number of esters is 1. The van der Waals surface area contributed by atoms with Crippen molar-refractivity contribution >= 4 is 5.97 Å². The van der Waals surface area contributed by atoms with E-state index in [4.69, 9.17) is 4.74 Å². The Morgan fingerprint density at radius 2 is 2.21 bits per heavy atom. The molecule has 0 aromatic carbocycles. The molecule has 0 saturated carbocycles. The molecule has 19 heavy (non-hydrogen) atoms. The fourth-order valence-corrected chi connectivity index (χ4v) is 2.10. The van der Waals surface area contributed by atoms with Crippen molar-refractivity contribution in [2.75, 3.05) is 13.7 Å². The van der Waals surface area contributed by atoms with Gasteiger partial charge in [0.15, 0.2) is 0 Å². The molecule has 1 rings (SSSR count). The predicted molar refractivity (Wildman–Crippen MR) is 74.9 cm³/mol. The Bertz CT molecular complexity index is 403. The number of nitrogens with zero attached hydrogens (tertiary/aromatic N) is 2. The van der Waals surface area contributed by atoms with Crippen LogP contribution in [0.4, 0.5) is 0 Å². The molecule has 0 spiro atoms. The molecular weight excluding hydrogens is 242 g/mol. The maximum absolute atomic E-state index is 12.0. The van der Waals surface area contributed by atoms with Gasteiger partial charge in [0.05, 0.1) is 13.7 Å². The van der Waals surface area contributed by atoms with E-state index in [1.165, 1.54) is 7.11 Å². The Hall–Kier alpha value is -1.36. The molecule has 1 unspecified atom stereocenters. The minimum absolute atomic E-state index is 0.239. The van der Waals surface area contributed by atoms with E-state index in [0.717, 1.165) is 31.6 Å². The van der Waals surface area contributed by atoms with E-state index >= 15 is 0 Å². The molecule has 0 aliphatic heterocycles. The highest BCUT2D eigenvalue weighted by atomic mass is 16.5. The summed E-state index contributed by atoms with van der Waals surface area (Å²) in [6.07, 6.45) is 6.62. The van der Waals surface area contributed by atoms with Gasteiger partial charge in [0.25, 0.3) is 0 Å². The number of methoxy groups -OCH3 is 1. The van der Waals surface area contributed by atoms with Crippen LogP contribution in [-0.2, 0) is 22.5 Å². The van der Waals surface area contributed by atoms with Crippen LogP contribution < -0.4 is 5.32 Å². The van der Waals surface area contributed by atoms with Crippen molar-refractivity contribution in [3.05, 3.63) is 18.2 Å². The van der Waals surface area contributed by atoms with Gasteiger partial charge in [-0.3, -0.25) is 0 Å². The van der Waals surface area contributed by atoms with Gasteiger partial charge in [-0.05, 0) is 26.3 Å². The molecule has 1 atom stereocenters. The fourth-order valence-electron chi connectivity index (χ4n) is 2.10. The van der Waals surface area contributed by atoms with Crippen molar-refractivity contribution in [2.24, 2.45) is 0 Å². The quantitative estimate of drug-likeness (QED) is 0.729. The molecule has 0 radical (unpaired) electrons. The van der Waals surface area contributed by atoms with Crippen molar-refractivity contribution in [3.8, 4) is 0 Å². The summed E-state index contributed by atoms with van der Waals surface area (Å²) in [7, 11) is 1.43. The standard InChI is InChI=1S/C14H25N3O2/c1-5-7-12-15-9-10-17(12)11-14(3,13(18)19-4)16-8-6-2/h9-10,16H,5-8,11H2,1-4H3. The summed E-state index contributed by atoms with van der Waals surface area (Å²) in [4.78, 5) is 16.4. The molecule has 108 valence electrons. The summed E-state index contributed by atoms with van der Waals surface area (Å²) < 4.78 is 6.96. The predicted octanol–water partition coefficient (Wildman–Crippen LogP) is 1.77. The van der Waals surface area contributed by atoms with E-state index in [-0.39, 0.29) is 5.97 Å². The summed E-state index contributed by atoms with van der Waals surface area (Å²) in [5, 5.41) is 3.28. The Kier molecular flexibility index (Phi) is 6.02. The molecule has 1 aromatic rings. The van der Waals surface area contributed by atoms with Gasteiger partial charge in [0, 0.05) is 18.8 Å². The summed E-state index contributed by atoms with van der Waals surface area (Å²) in [5.74, 6) is 0.771. The van der Waals surface area contributed by atoms with Gasteiger partial charge < -0.3 is 14.6 Å². The van der Waals surface area contributed by atoms with Crippen LogP contribution in [0.3, 0.4) is 0 Å². The lowest BCUT2D eigenvalue weighted by molar-refractivity contribution is -0.148. The lowest BCUT2D eigenvalue weighted by atomic mass is 10.0. The first-order valence-electron chi connectivity index (χ1n) is 6.90. The van der Waals surface area contributed by atoms with E-state index in [1.54, 1.807) is 6.20 Å². The van der Waals surface area contributed by atoms with Gasteiger partial charge in [-0.15, -0.1) is 0 Å². The third kappa shape index (κ3) is 4.06. The molecule has 0 amide bonds. The fraction of sp³-hybridized carbons (Fsp3) is 0.714. The molecule has 1 heterocycles. The largest absolute Gasteiger partial charge is 0.468 e. The van der Waals surface area contributed by atoms with Gasteiger partial charge in [-0.1, -0.05) is 13.8 Å². The zero-order chi connectivity index (χ0) is 14.3. The summed E-state index contributed by atoms with van der Waals surface area (Å²) in [6, 6.07) is 0. The minimum Gasteiger partial charge on any atom is -0.468 e. The number of rotatable bonds is 8. The Labute approximate surface area is 115 Å². The molecule has 5 heteroatoms. The van der Waals surface area contributed by atoms with Crippen molar-refractivity contribution in [3.63, 3.8) is 0 Å². The molecule has 1 N–H and O–H groups in total. The maximum Gasteiger partial charge on any atom is 0.327 e. The number of carbonyl (C=O) groups is 1. The van der Waals surface area contributed by atoms with Crippen molar-refractivity contribution in [1.29, 1.82) is 0 Å². The summed E-state index contributed by atoms with van der Waals surface area (Å²) in [5.41, 5.74) is -0.714. The topological polar surface area (TPSA) is 56.2 Å². The first-order chi connectivity index (χ1) is 9.07. The summed E-state index contributed by atoms with van der Waals surface area (Å²) in [6.45, 7) is 7.39. The zero-order valence-electron chi connectivity index (χ0n) is 12.4. The van der Waals surface area contributed by atoms with E-state index in [0.29, 0.717) is 6.54 Å². The van der Waals surface area contributed by atoms with Gasteiger partial charge >= 0.3 is 5.97 Å². The van der Waals surface area contributed by atoms with Gasteiger partial charge in [-0.25, -0.2) is 9.78 Å². The second kappa shape index (κ2) is 7.28. The van der Waals surface area contributed by atoms with E-state index in [9.17, 15) is 4.79 Å². The molecular formula is C14H25N3O2. The van der Waals surface area contributed by atoms with Crippen LogP contribution in [0.25, 0.3) is 0 Å². The van der Waals surface area contributed by atoms with E-state index < -0.39 is 5.54 Å². The zero-order valence-corrected chi connectivity index (χ0v) is 12.4. The molecule has 5 nitrogen and oxygen atoms in total. The molecule has 1 aromatic heterocycles. The third-order valence-corrected chi connectivity index (χ3v) is 3.16. The van der Waals surface area contributed by atoms with Gasteiger partial charge in [-0.2, -0.15) is 0 Å². The first kappa shape index (κ1) is 15.7. The Morgan fingerprint density at radius 3 is 2.79 bits per heavy atom. The van der Waals surface area contributed by atoms with Crippen molar-refractivity contribution in [1.82, 2.24) is 14.9 Å². The smallest absolute Gasteiger partial charge is 0.327 e. The van der Waals surface area contributed by atoms with Crippen LogP contribution in [0.15, 0.2) is 12.4 Å². The Morgan fingerprint density at radius 1 is 1.47 bits per heavy atom. The number of hydrogen-bond acceptors (Lipinski definition) is 4. The average molecular weight is 267 g/mol. The number of aryl methyl sites for hydroxylation is 1. The van der Waals surface area contributed by atoms with Crippen LogP contribution in [0.1, 0.15) is 39.4 Å². The Balaban J connectivity index is 2.87. The van der Waals surface area contributed by atoms with Crippen LogP contribution in [0.2, 0.25) is 0 Å². The number of carbonyl (C=O) groups excluding carboxylic acids is 1. The van der Waals surface area contributed by atoms with Gasteiger partial charge in [0.1, 0.15) is 11.4 Å². The average Bonchev–Trinajstić information content (AvgIpc) is 2.83. The molecule has 0 saturated heterocycles. The number of imidazole rings is 1. The van der Waals surface area contributed by atoms with Crippen molar-refractivity contribution < 1.29 is 9.53 Å². The van der Waals surface area contributed by atoms with Crippen LogP contribution >= 0.6 is 0 Å². The number of nitrogens with one attached hydrogen (secondary N) is 1. The van der Waals surface area contributed by atoms with Crippen molar-refractivity contribution in [2.45, 2.75) is 52.1 Å². The highest BCUT2D eigenvalue weighted by Gasteiger charge is 2.34. The lowest BCUT2D eigenvalue weighted by Gasteiger charge is -2.29. The van der Waals surface area contributed by atoms with E-state index in [2.05, 4.69) is 24.1 Å². The third-order valence-electron chi connectivity index (χ3n) is 3.16. The van der Waals surface area contributed by atoms with Crippen LogP contribution in [0.5, 0.6) is 0 Å². The highest BCUT2D eigenvalue weighted by Crippen LogP contribution is 2.13. The van der Waals surface area contributed by atoms with E-state index in [1.807, 2.05) is 17.7 Å². The normalized spacial score (nSPS) is 14.1. The molecule has 0 aliphatic carbocycles. The number of aromatic nitrogens is 2. The summed E-state index contributed by atoms with van der Waals surface area (Å²) >= 11 is 0. The minimum atomic E-state index is -0.714. The number of hydrogen-bond donors (Lipinski definition) is 1.